The van der Waals surface area contributed by atoms with Crippen molar-refractivity contribution in [2.45, 2.75) is 4.90 Å². The Kier molecular flexibility index (Phi) is 3.75. The number of aromatic hydroxyl groups is 1. The maximum atomic E-state index is 9.70. The molecular formula is C20H16N2OS. The zero-order chi connectivity index (χ0) is 16.5. The largest absolute Gasteiger partial charge is 0.508 e. The number of H-pyrrole nitrogens is 1. The van der Waals surface area contributed by atoms with Crippen molar-refractivity contribution in [2.75, 3.05) is 6.26 Å². The topological polar surface area (TPSA) is 48.9 Å². The van der Waals surface area contributed by atoms with Crippen molar-refractivity contribution in [2.24, 2.45) is 0 Å². The third kappa shape index (κ3) is 2.65. The van der Waals surface area contributed by atoms with Gasteiger partial charge in [0.05, 0.1) is 0 Å². The van der Waals surface area contributed by atoms with Crippen LogP contribution in [-0.2, 0) is 0 Å². The number of phenols is 1. The number of fused-ring (bicyclic) bond motifs is 1. The van der Waals surface area contributed by atoms with Gasteiger partial charge in [-0.1, -0.05) is 24.3 Å². The molecule has 0 fully saturated rings. The van der Waals surface area contributed by atoms with Crippen LogP contribution in [0.5, 0.6) is 5.75 Å². The second kappa shape index (κ2) is 6.06. The third-order valence-electron chi connectivity index (χ3n) is 4.11. The first-order valence-electron chi connectivity index (χ1n) is 7.65. The molecule has 0 aliphatic rings. The second-order valence-corrected chi connectivity index (χ2v) is 6.48. The molecule has 0 saturated carbocycles. The molecule has 4 heteroatoms. The average Bonchev–Trinajstić information content (AvgIpc) is 3.05. The van der Waals surface area contributed by atoms with Crippen LogP contribution < -0.4 is 0 Å². The lowest BCUT2D eigenvalue weighted by Crippen LogP contribution is -1.83. The molecule has 0 spiro atoms. The molecule has 0 radical (unpaired) electrons. The Bertz CT molecular complexity index is 1010. The molecule has 118 valence electrons. The number of hydrogen-bond donors (Lipinski definition) is 2. The van der Waals surface area contributed by atoms with E-state index in [1.165, 1.54) is 4.90 Å². The Morgan fingerprint density at radius 3 is 2.54 bits per heavy atom. The van der Waals surface area contributed by atoms with Crippen LogP contribution in [0.1, 0.15) is 0 Å². The van der Waals surface area contributed by atoms with Crippen LogP contribution >= 0.6 is 11.8 Å². The van der Waals surface area contributed by atoms with Gasteiger partial charge in [-0.05, 0) is 47.7 Å². The van der Waals surface area contributed by atoms with Gasteiger partial charge in [-0.2, -0.15) is 0 Å². The van der Waals surface area contributed by atoms with E-state index in [-0.39, 0.29) is 5.75 Å². The van der Waals surface area contributed by atoms with Crippen LogP contribution in [0.2, 0.25) is 0 Å². The summed E-state index contributed by atoms with van der Waals surface area (Å²) in [5, 5.41) is 10.8. The number of aromatic nitrogens is 2. The Morgan fingerprint density at radius 2 is 1.79 bits per heavy atom. The molecule has 2 aromatic carbocycles. The molecule has 4 aromatic rings. The number of nitrogens with one attached hydrogen (secondary N) is 1. The van der Waals surface area contributed by atoms with Gasteiger partial charge in [0.2, 0.25) is 0 Å². The van der Waals surface area contributed by atoms with E-state index in [2.05, 4.69) is 46.6 Å². The van der Waals surface area contributed by atoms with Crippen molar-refractivity contribution >= 4 is 22.8 Å². The van der Waals surface area contributed by atoms with Gasteiger partial charge in [0.25, 0.3) is 0 Å². The van der Waals surface area contributed by atoms with Crippen LogP contribution in [-0.4, -0.2) is 21.3 Å². The summed E-state index contributed by atoms with van der Waals surface area (Å²) in [6.45, 7) is 0. The number of phenolic OH excluding ortho intramolecular Hbond substituents is 1. The van der Waals surface area contributed by atoms with Crippen molar-refractivity contribution in [1.29, 1.82) is 0 Å². The van der Waals surface area contributed by atoms with Crippen LogP contribution in [0, 0.1) is 0 Å². The standard InChI is InChI=1S/C20H16N2OS/c1-24-17-7-5-13(6-8-17)19-12-22-20-18(19)10-15(11-21-20)14-3-2-4-16(23)9-14/h2-12,23H,1H3,(H,21,22). The van der Waals surface area contributed by atoms with Crippen molar-refractivity contribution in [3.05, 3.63) is 67.0 Å². The third-order valence-corrected chi connectivity index (χ3v) is 4.86. The monoisotopic (exact) mass is 332 g/mol. The molecule has 0 aliphatic heterocycles. The van der Waals surface area contributed by atoms with Crippen LogP contribution in [0.25, 0.3) is 33.3 Å². The average molecular weight is 332 g/mol. The van der Waals surface area contributed by atoms with Crippen molar-refractivity contribution in [3.8, 4) is 28.0 Å². The van der Waals surface area contributed by atoms with Crippen molar-refractivity contribution in [1.82, 2.24) is 9.97 Å². The van der Waals surface area contributed by atoms with E-state index in [1.54, 1.807) is 23.9 Å². The minimum atomic E-state index is 0.259. The summed E-state index contributed by atoms with van der Waals surface area (Å²) in [5.74, 6) is 0.259. The molecule has 2 N–H and O–H groups in total. The summed E-state index contributed by atoms with van der Waals surface area (Å²) in [6.07, 6.45) is 5.90. The minimum Gasteiger partial charge on any atom is -0.508 e. The Hall–Kier alpha value is -2.72. The summed E-state index contributed by atoms with van der Waals surface area (Å²) >= 11 is 1.74. The van der Waals surface area contributed by atoms with E-state index in [4.69, 9.17) is 0 Å². The highest BCUT2D eigenvalue weighted by Gasteiger charge is 2.09. The lowest BCUT2D eigenvalue weighted by molar-refractivity contribution is 0.475. The number of pyridine rings is 1. The van der Waals surface area contributed by atoms with E-state index >= 15 is 0 Å². The number of aromatic amines is 1. The lowest BCUT2D eigenvalue weighted by atomic mass is 10.0. The van der Waals surface area contributed by atoms with E-state index in [0.29, 0.717) is 0 Å². The molecule has 0 atom stereocenters. The SMILES string of the molecule is CSc1ccc(-c2c[nH]c3ncc(-c4cccc(O)c4)cc23)cc1. The number of nitrogens with zero attached hydrogens (tertiary/aromatic N) is 1. The van der Waals surface area contributed by atoms with Gasteiger partial charge in [-0.3, -0.25) is 0 Å². The summed E-state index contributed by atoms with van der Waals surface area (Å²) < 4.78 is 0. The quantitative estimate of drug-likeness (QED) is 0.499. The number of rotatable bonds is 3. The highest BCUT2D eigenvalue weighted by molar-refractivity contribution is 7.98. The van der Waals surface area contributed by atoms with Gasteiger partial charge in [-0.25, -0.2) is 4.98 Å². The first-order chi connectivity index (χ1) is 11.7. The van der Waals surface area contributed by atoms with E-state index in [0.717, 1.165) is 33.3 Å². The fourth-order valence-electron chi connectivity index (χ4n) is 2.86. The van der Waals surface area contributed by atoms with Crippen molar-refractivity contribution in [3.63, 3.8) is 0 Å². The summed E-state index contributed by atoms with van der Waals surface area (Å²) in [4.78, 5) is 9.01. The van der Waals surface area contributed by atoms with Gasteiger partial charge in [-0.15, -0.1) is 11.8 Å². The number of benzene rings is 2. The smallest absolute Gasteiger partial charge is 0.137 e. The van der Waals surface area contributed by atoms with Crippen molar-refractivity contribution < 1.29 is 5.11 Å². The predicted octanol–water partition coefficient (Wildman–Crippen LogP) is 5.32. The van der Waals surface area contributed by atoms with Gasteiger partial charge in [0.15, 0.2) is 0 Å². The lowest BCUT2D eigenvalue weighted by Gasteiger charge is -2.05. The Labute approximate surface area is 144 Å². The Morgan fingerprint density at radius 1 is 0.958 bits per heavy atom. The zero-order valence-electron chi connectivity index (χ0n) is 13.2. The summed E-state index contributed by atoms with van der Waals surface area (Å²) in [6, 6.07) is 17.9. The zero-order valence-corrected chi connectivity index (χ0v) is 14.0. The fourth-order valence-corrected chi connectivity index (χ4v) is 3.26. The molecule has 0 saturated heterocycles. The summed E-state index contributed by atoms with van der Waals surface area (Å²) in [7, 11) is 0. The van der Waals surface area contributed by atoms with E-state index < -0.39 is 0 Å². The molecule has 0 bridgehead atoms. The second-order valence-electron chi connectivity index (χ2n) is 5.60. The normalized spacial score (nSPS) is 11.0. The number of thioether (sulfide) groups is 1. The molecule has 4 rings (SSSR count). The van der Waals surface area contributed by atoms with Crippen LogP contribution in [0.3, 0.4) is 0 Å². The predicted molar refractivity (Wildman–Crippen MR) is 100 cm³/mol. The molecule has 3 nitrogen and oxygen atoms in total. The fraction of sp³-hybridized carbons (Fsp3) is 0.0500. The van der Waals surface area contributed by atoms with Gasteiger partial charge in [0, 0.05) is 33.8 Å². The number of hydrogen-bond acceptors (Lipinski definition) is 3. The Balaban J connectivity index is 1.83. The van der Waals surface area contributed by atoms with Gasteiger partial charge >= 0.3 is 0 Å². The highest BCUT2D eigenvalue weighted by Crippen LogP contribution is 2.32. The molecule has 0 amide bonds. The molecular weight excluding hydrogens is 316 g/mol. The van der Waals surface area contributed by atoms with E-state index in [1.807, 2.05) is 24.5 Å². The maximum absolute atomic E-state index is 9.70. The molecule has 2 heterocycles. The maximum Gasteiger partial charge on any atom is 0.137 e. The molecule has 0 aliphatic carbocycles. The van der Waals surface area contributed by atoms with Crippen LogP contribution in [0.4, 0.5) is 0 Å². The molecule has 0 unspecified atom stereocenters. The molecule has 24 heavy (non-hydrogen) atoms. The van der Waals surface area contributed by atoms with E-state index in [9.17, 15) is 5.11 Å². The highest BCUT2D eigenvalue weighted by atomic mass is 32.2. The molecule has 2 aromatic heterocycles. The van der Waals surface area contributed by atoms with Crippen LogP contribution in [0.15, 0.2) is 71.9 Å². The summed E-state index contributed by atoms with van der Waals surface area (Å²) in [5.41, 5.74) is 5.10. The minimum absolute atomic E-state index is 0.259. The first kappa shape index (κ1) is 14.8. The first-order valence-corrected chi connectivity index (χ1v) is 8.88. The van der Waals surface area contributed by atoms with Gasteiger partial charge in [0.1, 0.15) is 11.4 Å². The van der Waals surface area contributed by atoms with Gasteiger partial charge < -0.3 is 10.1 Å².